The van der Waals surface area contributed by atoms with E-state index in [0.29, 0.717) is 0 Å². The van der Waals surface area contributed by atoms with E-state index in [0.717, 1.165) is 5.56 Å². The third kappa shape index (κ3) is 4.01. The van der Waals surface area contributed by atoms with Gasteiger partial charge in [0, 0.05) is 6.04 Å². The smallest absolute Gasteiger partial charge is 0.410 e. The van der Waals surface area contributed by atoms with Gasteiger partial charge in [0.25, 0.3) is 0 Å². The molecule has 3 rings (SSSR count). The highest BCUT2D eigenvalue weighted by atomic mass is 28.3. The third-order valence-corrected chi connectivity index (χ3v) is 11.0. The van der Waals surface area contributed by atoms with Crippen LogP contribution < -0.4 is 5.19 Å². The van der Waals surface area contributed by atoms with Gasteiger partial charge in [0.05, 0.1) is 34.8 Å². The summed E-state index contributed by atoms with van der Waals surface area (Å²) in [7, 11) is 0.711. The normalized spacial score (nSPS) is 23.8. The molecule has 0 aromatic heterocycles. The van der Waals surface area contributed by atoms with Crippen LogP contribution in [-0.4, -0.2) is 45.3 Å². The molecule has 4 atom stereocenters. The summed E-state index contributed by atoms with van der Waals surface area (Å²) in [5, 5.41) is 1.32. The Kier molecular flexibility index (Phi) is 6.66. The number of hydrogen-bond acceptors (Lipinski definition) is 4. The number of amides is 1. The molecule has 1 fully saturated rings. The highest BCUT2D eigenvalue weighted by molar-refractivity contribution is 6.91. The Morgan fingerprint density at radius 1 is 0.933 bits per heavy atom. The van der Waals surface area contributed by atoms with Crippen LogP contribution in [0.25, 0.3) is 0 Å². The number of nitrogens with zero attached hydrogens (tertiary/aromatic N) is 1. The summed E-state index contributed by atoms with van der Waals surface area (Å²) >= 11 is 0. The van der Waals surface area contributed by atoms with Crippen molar-refractivity contribution in [3.8, 4) is 0 Å². The van der Waals surface area contributed by atoms with Gasteiger partial charge in [-0.05, 0) is 17.0 Å². The Morgan fingerprint density at radius 3 is 2.03 bits per heavy atom. The lowest BCUT2D eigenvalue weighted by molar-refractivity contribution is -0.141. The lowest BCUT2D eigenvalue weighted by Gasteiger charge is -2.37. The van der Waals surface area contributed by atoms with Crippen molar-refractivity contribution in [3.05, 3.63) is 66.2 Å². The largest absolute Gasteiger partial charge is 0.469 e. The Bertz CT molecular complexity index is 871. The maximum Gasteiger partial charge on any atom is 0.410 e. The van der Waals surface area contributed by atoms with Gasteiger partial charge in [0.15, 0.2) is 0 Å². The molecule has 1 saturated heterocycles. The molecule has 1 aliphatic rings. The topological polar surface area (TPSA) is 55.8 Å². The van der Waals surface area contributed by atoms with Crippen LogP contribution in [0.5, 0.6) is 0 Å². The van der Waals surface area contributed by atoms with Crippen LogP contribution >= 0.6 is 0 Å². The summed E-state index contributed by atoms with van der Waals surface area (Å²) in [6.45, 7) is 6.86. The van der Waals surface area contributed by atoms with Crippen molar-refractivity contribution in [2.75, 3.05) is 14.2 Å². The number of hydrogen-bond donors (Lipinski definition) is 0. The SMILES string of the molecule is COC(=O)C[C@@H]1[C@@H]([Si](C)(C)c2ccccc2)[C@H](C)[C@H](c2ccccc2)N1C(=O)OC. The summed E-state index contributed by atoms with van der Waals surface area (Å²) < 4.78 is 10.2. The van der Waals surface area contributed by atoms with Gasteiger partial charge in [0.1, 0.15) is 0 Å². The zero-order valence-corrected chi connectivity index (χ0v) is 19.4. The van der Waals surface area contributed by atoms with Crippen LogP contribution in [0.1, 0.15) is 24.9 Å². The molecule has 6 heteroatoms. The second kappa shape index (κ2) is 9.04. The first-order valence-electron chi connectivity index (χ1n) is 10.4. The fraction of sp³-hybridized carbons (Fsp3) is 0.417. The maximum atomic E-state index is 13.0. The summed E-state index contributed by atoms with van der Waals surface area (Å²) in [5.74, 6) is -0.152. The molecule has 0 radical (unpaired) electrons. The molecule has 0 spiro atoms. The van der Waals surface area contributed by atoms with Crippen LogP contribution in [0.2, 0.25) is 18.6 Å². The predicted octanol–water partition coefficient (Wildman–Crippen LogP) is 4.36. The number of benzene rings is 2. The van der Waals surface area contributed by atoms with Gasteiger partial charge in [-0.1, -0.05) is 85.9 Å². The molecule has 5 nitrogen and oxygen atoms in total. The molecule has 0 N–H and O–H groups in total. The first-order chi connectivity index (χ1) is 14.3. The van der Waals surface area contributed by atoms with Gasteiger partial charge in [-0.3, -0.25) is 9.69 Å². The maximum absolute atomic E-state index is 13.0. The Balaban J connectivity index is 2.15. The van der Waals surface area contributed by atoms with Crippen LogP contribution in [0, 0.1) is 5.92 Å². The van der Waals surface area contributed by atoms with Crippen molar-refractivity contribution in [2.24, 2.45) is 5.92 Å². The van der Waals surface area contributed by atoms with Gasteiger partial charge in [-0.2, -0.15) is 0 Å². The van der Waals surface area contributed by atoms with Gasteiger partial charge < -0.3 is 9.47 Å². The first kappa shape index (κ1) is 22.1. The van der Waals surface area contributed by atoms with Gasteiger partial charge in [0.2, 0.25) is 0 Å². The molecule has 2 aromatic rings. The molecule has 1 heterocycles. The number of likely N-dealkylation sites (tertiary alicyclic amines) is 1. The minimum Gasteiger partial charge on any atom is -0.469 e. The zero-order valence-electron chi connectivity index (χ0n) is 18.4. The van der Waals surface area contributed by atoms with E-state index in [1.807, 2.05) is 36.4 Å². The number of methoxy groups -OCH3 is 2. The Morgan fingerprint density at radius 2 is 1.50 bits per heavy atom. The van der Waals surface area contributed by atoms with E-state index in [9.17, 15) is 9.59 Å². The molecule has 0 unspecified atom stereocenters. The van der Waals surface area contributed by atoms with Gasteiger partial charge >= 0.3 is 12.1 Å². The summed E-state index contributed by atoms with van der Waals surface area (Å²) in [4.78, 5) is 27.2. The first-order valence-corrected chi connectivity index (χ1v) is 13.4. The molecule has 1 aliphatic heterocycles. The van der Waals surface area contributed by atoms with E-state index in [2.05, 4.69) is 44.3 Å². The van der Waals surface area contributed by atoms with Gasteiger partial charge in [-0.15, -0.1) is 0 Å². The predicted molar refractivity (Wildman–Crippen MR) is 120 cm³/mol. The van der Waals surface area contributed by atoms with Crippen molar-refractivity contribution in [1.29, 1.82) is 0 Å². The van der Waals surface area contributed by atoms with Crippen LogP contribution in [-0.2, 0) is 14.3 Å². The second-order valence-electron chi connectivity index (χ2n) is 8.55. The van der Waals surface area contributed by atoms with E-state index in [4.69, 9.17) is 9.47 Å². The summed E-state index contributed by atoms with van der Waals surface area (Å²) in [6, 6.07) is 20.1. The van der Waals surface area contributed by atoms with Gasteiger partial charge in [-0.25, -0.2) is 4.79 Å². The standard InChI is InChI=1S/C24H31NO4Si/c1-17-22(18-12-8-6-9-13-18)25(24(27)29-3)20(16-21(26)28-2)23(17)30(4,5)19-14-10-7-11-15-19/h6-15,17,20,22-23H,16H2,1-5H3/t17-,20-,22-,23+/m1/s1. The fourth-order valence-corrected chi connectivity index (χ4v) is 9.50. The van der Waals surface area contributed by atoms with E-state index < -0.39 is 14.2 Å². The lowest BCUT2D eigenvalue weighted by atomic mass is 9.94. The molecule has 160 valence electrons. The average Bonchev–Trinajstić information content (AvgIpc) is 3.06. The minimum atomic E-state index is -2.08. The zero-order chi connectivity index (χ0) is 21.9. The molecular formula is C24H31NO4Si. The highest BCUT2D eigenvalue weighted by Crippen LogP contribution is 2.53. The summed E-state index contributed by atoms with van der Waals surface area (Å²) in [6.07, 6.45) is -0.238. The van der Waals surface area contributed by atoms with Crippen molar-refractivity contribution in [2.45, 2.75) is 44.1 Å². The number of carbonyl (C=O) groups excluding carboxylic acids is 2. The molecule has 0 aliphatic carbocycles. The number of ether oxygens (including phenoxy) is 2. The van der Waals surface area contributed by atoms with E-state index >= 15 is 0 Å². The van der Waals surface area contributed by atoms with Crippen molar-refractivity contribution in [1.82, 2.24) is 4.90 Å². The molecule has 0 saturated carbocycles. The van der Waals surface area contributed by atoms with E-state index in [1.54, 1.807) is 4.90 Å². The fourth-order valence-electron chi connectivity index (χ4n) is 5.33. The third-order valence-electron chi connectivity index (χ3n) is 6.62. The quantitative estimate of drug-likeness (QED) is 0.527. The van der Waals surface area contributed by atoms with E-state index in [-0.39, 0.29) is 35.9 Å². The Hall–Kier alpha value is -2.60. The van der Waals surface area contributed by atoms with Crippen LogP contribution in [0.15, 0.2) is 60.7 Å². The van der Waals surface area contributed by atoms with Crippen molar-refractivity contribution >= 4 is 25.3 Å². The monoisotopic (exact) mass is 425 g/mol. The second-order valence-corrected chi connectivity index (χ2v) is 13.2. The molecule has 0 bridgehead atoms. The molecule has 1 amide bonds. The summed E-state index contributed by atoms with van der Waals surface area (Å²) in [5.41, 5.74) is 1.22. The Labute approximate surface area is 180 Å². The van der Waals surface area contributed by atoms with Crippen molar-refractivity contribution < 1.29 is 19.1 Å². The van der Waals surface area contributed by atoms with Crippen LogP contribution in [0.4, 0.5) is 4.79 Å². The number of rotatable bonds is 5. The van der Waals surface area contributed by atoms with E-state index in [1.165, 1.54) is 19.4 Å². The van der Waals surface area contributed by atoms with Crippen molar-refractivity contribution in [3.63, 3.8) is 0 Å². The highest BCUT2D eigenvalue weighted by Gasteiger charge is 2.56. The average molecular weight is 426 g/mol. The molecule has 30 heavy (non-hydrogen) atoms. The number of esters is 1. The lowest BCUT2D eigenvalue weighted by Crippen LogP contribution is -2.52. The molecular weight excluding hydrogens is 394 g/mol. The minimum absolute atomic E-state index is 0.156. The van der Waals surface area contributed by atoms with Crippen LogP contribution in [0.3, 0.4) is 0 Å². The molecule has 2 aromatic carbocycles. The number of carbonyl (C=O) groups is 2.